The number of methoxy groups -OCH3 is 1. The molecule has 1 aliphatic heterocycles. The van der Waals surface area contributed by atoms with Crippen LogP contribution in [0.25, 0.3) is 0 Å². The van der Waals surface area contributed by atoms with Gasteiger partial charge in [-0.2, -0.15) is 0 Å². The average molecular weight is 323 g/mol. The van der Waals surface area contributed by atoms with Gasteiger partial charge in [0.1, 0.15) is 0 Å². The summed E-state index contributed by atoms with van der Waals surface area (Å²) in [6.45, 7) is 2.75. The SMILES string of the molecule is COC(=O)C(=NNc1cccc(C)c1)N1CCCc2ccccc21. The molecule has 0 radical (unpaired) electrons. The van der Waals surface area contributed by atoms with Crippen molar-refractivity contribution in [1.82, 2.24) is 0 Å². The first kappa shape index (κ1) is 16.1. The third-order valence-electron chi connectivity index (χ3n) is 4.04. The molecule has 1 N–H and O–H groups in total. The number of para-hydroxylation sites is 1. The Kier molecular flexibility index (Phi) is 4.79. The lowest BCUT2D eigenvalue weighted by atomic mass is 10.0. The van der Waals surface area contributed by atoms with E-state index in [9.17, 15) is 4.79 Å². The lowest BCUT2D eigenvalue weighted by molar-refractivity contribution is -0.132. The minimum atomic E-state index is -0.452. The molecule has 0 aromatic heterocycles. The molecule has 0 spiro atoms. The number of esters is 1. The number of benzene rings is 2. The molecule has 1 heterocycles. The highest BCUT2D eigenvalue weighted by atomic mass is 16.5. The van der Waals surface area contributed by atoms with Gasteiger partial charge in [0.05, 0.1) is 12.8 Å². The van der Waals surface area contributed by atoms with Gasteiger partial charge in [0.25, 0.3) is 0 Å². The topological polar surface area (TPSA) is 53.9 Å². The number of carbonyl (C=O) groups excluding carboxylic acids is 1. The number of hydrogen-bond donors (Lipinski definition) is 1. The van der Waals surface area contributed by atoms with Crippen LogP contribution >= 0.6 is 0 Å². The van der Waals surface area contributed by atoms with E-state index in [1.807, 2.05) is 54.3 Å². The van der Waals surface area contributed by atoms with Crippen LogP contribution in [0.4, 0.5) is 11.4 Å². The molecule has 0 aliphatic carbocycles. The Morgan fingerprint density at radius 1 is 1.21 bits per heavy atom. The van der Waals surface area contributed by atoms with E-state index in [0.29, 0.717) is 0 Å². The van der Waals surface area contributed by atoms with Gasteiger partial charge < -0.3 is 9.64 Å². The third-order valence-corrected chi connectivity index (χ3v) is 4.04. The van der Waals surface area contributed by atoms with Crippen molar-refractivity contribution in [3.8, 4) is 0 Å². The van der Waals surface area contributed by atoms with Crippen molar-refractivity contribution in [1.29, 1.82) is 0 Å². The zero-order valence-electron chi connectivity index (χ0n) is 14.0. The van der Waals surface area contributed by atoms with E-state index >= 15 is 0 Å². The Bertz CT molecular complexity index is 771. The maximum atomic E-state index is 12.3. The maximum absolute atomic E-state index is 12.3. The largest absolute Gasteiger partial charge is 0.463 e. The standard InChI is InChI=1S/C19H21N3O2/c1-14-7-5-10-16(13-14)20-21-18(19(23)24-2)22-12-6-9-15-8-3-4-11-17(15)22/h3-5,7-8,10-11,13,20H,6,9,12H2,1-2H3. The first-order valence-corrected chi connectivity index (χ1v) is 8.03. The predicted molar refractivity (Wildman–Crippen MR) is 96.4 cm³/mol. The van der Waals surface area contributed by atoms with Gasteiger partial charge in [0.2, 0.25) is 5.84 Å². The van der Waals surface area contributed by atoms with Crippen LogP contribution in [-0.4, -0.2) is 25.5 Å². The van der Waals surface area contributed by atoms with Crippen LogP contribution in [0.1, 0.15) is 17.5 Å². The number of aryl methyl sites for hydroxylation is 2. The summed E-state index contributed by atoms with van der Waals surface area (Å²) in [6.07, 6.45) is 1.98. The van der Waals surface area contributed by atoms with Crippen molar-refractivity contribution in [2.45, 2.75) is 19.8 Å². The number of carbonyl (C=O) groups is 1. The van der Waals surface area contributed by atoms with Crippen LogP contribution in [-0.2, 0) is 16.0 Å². The van der Waals surface area contributed by atoms with Crippen molar-refractivity contribution >= 4 is 23.2 Å². The number of fused-ring (bicyclic) bond motifs is 1. The lowest BCUT2D eigenvalue weighted by Crippen LogP contribution is -2.41. The lowest BCUT2D eigenvalue weighted by Gasteiger charge is -2.30. The molecule has 2 aromatic carbocycles. The Hall–Kier alpha value is -2.82. The van der Waals surface area contributed by atoms with E-state index in [-0.39, 0.29) is 5.84 Å². The average Bonchev–Trinajstić information content (AvgIpc) is 2.62. The first-order valence-electron chi connectivity index (χ1n) is 8.03. The van der Waals surface area contributed by atoms with E-state index in [2.05, 4.69) is 16.6 Å². The molecule has 3 rings (SSSR count). The quantitative estimate of drug-likeness (QED) is 0.398. The van der Waals surface area contributed by atoms with Crippen LogP contribution in [0.15, 0.2) is 53.6 Å². The van der Waals surface area contributed by atoms with E-state index in [4.69, 9.17) is 4.74 Å². The van der Waals surface area contributed by atoms with E-state index in [0.717, 1.165) is 36.3 Å². The molecule has 124 valence electrons. The number of nitrogens with zero attached hydrogens (tertiary/aromatic N) is 2. The highest BCUT2D eigenvalue weighted by Crippen LogP contribution is 2.27. The zero-order chi connectivity index (χ0) is 16.9. The summed E-state index contributed by atoms with van der Waals surface area (Å²) < 4.78 is 4.94. The van der Waals surface area contributed by atoms with Gasteiger partial charge in [-0.15, -0.1) is 5.10 Å². The second-order valence-electron chi connectivity index (χ2n) is 5.79. The Morgan fingerprint density at radius 3 is 2.83 bits per heavy atom. The van der Waals surface area contributed by atoms with Gasteiger partial charge in [0, 0.05) is 12.2 Å². The molecule has 2 aromatic rings. The molecule has 0 saturated carbocycles. The molecule has 0 unspecified atom stereocenters. The molecular weight excluding hydrogens is 302 g/mol. The summed E-state index contributed by atoms with van der Waals surface area (Å²) in [5.74, 6) is -0.182. The van der Waals surface area contributed by atoms with Gasteiger partial charge in [-0.25, -0.2) is 4.79 Å². The highest BCUT2D eigenvalue weighted by molar-refractivity contribution is 6.41. The molecule has 5 heteroatoms. The predicted octanol–water partition coefficient (Wildman–Crippen LogP) is 3.35. The Morgan fingerprint density at radius 2 is 2.04 bits per heavy atom. The fourth-order valence-corrected chi connectivity index (χ4v) is 2.89. The van der Waals surface area contributed by atoms with Crippen LogP contribution in [0, 0.1) is 6.92 Å². The summed E-state index contributed by atoms with van der Waals surface area (Å²) in [4.78, 5) is 14.2. The maximum Gasteiger partial charge on any atom is 0.376 e. The van der Waals surface area contributed by atoms with E-state index in [1.165, 1.54) is 12.7 Å². The number of rotatable bonds is 2. The zero-order valence-corrected chi connectivity index (χ0v) is 14.0. The van der Waals surface area contributed by atoms with Gasteiger partial charge >= 0.3 is 5.97 Å². The molecule has 0 bridgehead atoms. The summed E-state index contributed by atoms with van der Waals surface area (Å²) in [7, 11) is 1.38. The van der Waals surface area contributed by atoms with Gasteiger partial charge in [0.15, 0.2) is 0 Å². The highest BCUT2D eigenvalue weighted by Gasteiger charge is 2.26. The van der Waals surface area contributed by atoms with Crippen molar-refractivity contribution in [3.05, 3.63) is 59.7 Å². The van der Waals surface area contributed by atoms with Crippen LogP contribution in [0.2, 0.25) is 0 Å². The Balaban J connectivity index is 1.93. The number of hydrogen-bond acceptors (Lipinski definition) is 4. The fraction of sp³-hybridized carbons (Fsp3) is 0.263. The van der Waals surface area contributed by atoms with Crippen molar-refractivity contribution in [2.24, 2.45) is 5.10 Å². The minimum Gasteiger partial charge on any atom is -0.463 e. The second kappa shape index (κ2) is 7.17. The smallest absolute Gasteiger partial charge is 0.376 e. The molecule has 0 atom stereocenters. The number of amidine groups is 1. The molecular formula is C19H21N3O2. The normalized spacial score (nSPS) is 14.1. The number of nitrogens with one attached hydrogen (secondary N) is 1. The Labute approximate surface area is 141 Å². The summed E-state index contributed by atoms with van der Waals surface area (Å²) in [5, 5.41) is 4.35. The molecule has 5 nitrogen and oxygen atoms in total. The molecule has 0 amide bonds. The van der Waals surface area contributed by atoms with Crippen LogP contribution < -0.4 is 10.3 Å². The number of ether oxygens (including phenoxy) is 1. The van der Waals surface area contributed by atoms with Crippen molar-refractivity contribution in [3.63, 3.8) is 0 Å². The van der Waals surface area contributed by atoms with E-state index in [1.54, 1.807) is 0 Å². The number of hydrazone groups is 1. The second-order valence-corrected chi connectivity index (χ2v) is 5.79. The van der Waals surface area contributed by atoms with Gasteiger partial charge in [-0.1, -0.05) is 30.3 Å². The monoisotopic (exact) mass is 323 g/mol. The molecule has 24 heavy (non-hydrogen) atoms. The van der Waals surface area contributed by atoms with Gasteiger partial charge in [-0.05, 0) is 49.1 Å². The van der Waals surface area contributed by atoms with Crippen LogP contribution in [0.3, 0.4) is 0 Å². The van der Waals surface area contributed by atoms with Crippen LogP contribution in [0.5, 0.6) is 0 Å². The van der Waals surface area contributed by atoms with Crippen molar-refractivity contribution in [2.75, 3.05) is 24.0 Å². The van der Waals surface area contributed by atoms with E-state index < -0.39 is 5.97 Å². The summed E-state index contributed by atoms with van der Waals surface area (Å²) >= 11 is 0. The molecule has 1 aliphatic rings. The third kappa shape index (κ3) is 3.40. The first-order chi connectivity index (χ1) is 11.7. The molecule has 0 fully saturated rings. The minimum absolute atomic E-state index is 0.270. The molecule has 0 saturated heterocycles. The summed E-state index contributed by atoms with van der Waals surface area (Å²) in [5.41, 5.74) is 7.16. The number of anilines is 2. The van der Waals surface area contributed by atoms with Crippen molar-refractivity contribution < 1.29 is 9.53 Å². The van der Waals surface area contributed by atoms with Gasteiger partial charge in [-0.3, -0.25) is 5.43 Å². The fourth-order valence-electron chi connectivity index (χ4n) is 2.89. The summed E-state index contributed by atoms with van der Waals surface area (Å²) in [6, 6.07) is 15.9.